The summed E-state index contributed by atoms with van der Waals surface area (Å²) in [5.41, 5.74) is 7.60. The molecule has 0 saturated carbocycles. The van der Waals surface area contributed by atoms with Crippen LogP contribution in [0.4, 0.5) is 0 Å². The molecule has 4 unspecified atom stereocenters. The van der Waals surface area contributed by atoms with Crippen molar-refractivity contribution in [3.63, 3.8) is 0 Å². The molecule has 0 bridgehead atoms. The maximum Gasteiger partial charge on any atom is 0.252 e. The van der Waals surface area contributed by atoms with E-state index in [1.807, 2.05) is 0 Å². The van der Waals surface area contributed by atoms with Gasteiger partial charge in [0.05, 0.1) is 0 Å². The Morgan fingerprint density at radius 3 is 1.48 bits per heavy atom. The van der Waals surface area contributed by atoms with Gasteiger partial charge in [0.25, 0.3) is 5.91 Å². The summed E-state index contributed by atoms with van der Waals surface area (Å²) in [5.74, 6) is -2.50. The Kier molecular flexibility index (Phi) is 14.9. The average molecular weight is 419 g/mol. The molecule has 0 aliphatic carbocycles. The van der Waals surface area contributed by atoms with Crippen LogP contribution in [0.25, 0.3) is 0 Å². The van der Waals surface area contributed by atoms with Crippen LogP contribution in [0.1, 0.15) is 96.8 Å². The van der Waals surface area contributed by atoms with Gasteiger partial charge in [-0.25, -0.2) is 0 Å². The van der Waals surface area contributed by atoms with Crippen LogP contribution in [-0.2, 0) is 9.59 Å². The first-order valence-corrected chi connectivity index (χ1v) is 11.0. The fourth-order valence-electron chi connectivity index (χ4n) is 3.45. The molecular weight excluding hydrogens is 376 g/mol. The Bertz CT molecular complexity index is 462. The van der Waals surface area contributed by atoms with Crippen molar-refractivity contribution in [2.45, 2.75) is 121 Å². The van der Waals surface area contributed by atoms with E-state index in [0.717, 1.165) is 25.7 Å². The molecule has 0 saturated heterocycles. The number of rotatable bonds is 19. The van der Waals surface area contributed by atoms with Crippen molar-refractivity contribution in [1.82, 2.24) is 0 Å². The van der Waals surface area contributed by atoms with E-state index in [1.165, 1.54) is 51.4 Å². The minimum Gasteiger partial charge on any atom is -0.387 e. The van der Waals surface area contributed by atoms with Gasteiger partial charge < -0.3 is 31.9 Å². The lowest BCUT2D eigenvalue weighted by atomic mass is 9.84. The number of carbonyl (C=O) groups excluding carboxylic acids is 2. The molecule has 0 aliphatic rings. The van der Waals surface area contributed by atoms with Crippen LogP contribution in [0, 0.1) is 0 Å². The van der Waals surface area contributed by atoms with Crippen molar-refractivity contribution in [2.75, 3.05) is 0 Å². The summed E-state index contributed by atoms with van der Waals surface area (Å²) in [7, 11) is 0. The lowest BCUT2D eigenvalue weighted by Crippen LogP contribution is -2.61. The van der Waals surface area contributed by atoms with E-state index in [1.54, 1.807) is 0 Å². The molecule has 0 aromatic heterocycles. The van der Waals surface area contributed by atoms with Crippen molar-refractivity contribution >= 4 is 11.8 Å². The minimum atomic E-state index is -2.44. The van der Waals surface area contributed by atoms with Crippen molar-refractivity contribution in [1.29, 1.82) is 0 Å². The van der Waals surface area contributed by atoms with Gasteiger partial charge in [0.2, 0.25) is 5.91 Å². The standard InChI is InChI=1S/C21H42N2O6/c1-2-3-4-5-6-7-8-9-10-11-12-13-14-15-21(29,20(23)28)18(26)16(24)17(25)19(22)27/h16-18,24-26,29H,2-15H2,1H3,(H2,22,27)(H2,23,28). The highest BCUT2D eigenvalue weighted by Gasteiger charge is 2.47. The third kappa shape index (κ3) is 10.9. The minimum absolute atomic E-state index is 0.177. The third-order valence-corrected chi connectivity index (χ3v) is 5.52. The number of hydrogen-bond acceptors (Lipinski definition) is 6. The zero-order chi connectivity index (χ0) is 22.3. The summed E-state index contributed by atoms with van der Waals surface area (Å²) in [5, 5.41) is 39.7. The zero-order valence-electron chi connectivity index (χ0n) is 17.9. The topological polar surface area (TPSA) is 167 Å². The van der Waals surface area contributed by atoms with Crippen LogP contribution < -0.4 is 11.5 Å². The molecule has 4 atom stereocenters. The molecule has 0 aromatic carbocycles. The summed E-state index contributed by atoms with van der Waals surface area (Å²) in [6.45, 7) is 2.22. The van der Waals surface area contributed by atoms with Crippen molar-refractivity contribution in [2.24, 2.45) is 11.5 Å². The molecule has 172 valence electrons. The van der Waals surface area contributed by atoms with E-state index in [0.29, 0.717) is 6.42 Å². The summed E-state index contributed by atoms with van der Waals surface area (Å²) >= 11 is 0. The second kappa shape index (κ2) is 15.6. The molecule has 0 radical (unpaired) electrons. The molecule has 8 heteroatoms. The molecule has 0 aliphatic heterocycles. The third-order valence-electron chi connectivity index (χ3n) is 5.52. The molecule has 0 aromatic rings. The Hall–Kier alpha value is -1.22. The monoisotopic (exact) mass is 418 g/mol. The lowest BCUT2D eigenvalue weighted by molar-refractivity contribution is -0.176. The number of carbonyl (C=O) groups is 2. The molecule has 0 spiro atoms. The van der Waals surface area contributed by atoms with E-state index in [9.17, 15) is 30.0 Å². The van der Waals surface area contributed by atoms with E-state index in [-0.39, 0.29) is 6.42 Å². The zero-order valence-corrected chi connectivity index (χ0v) is 17.9. The second-order valence-electron chi connectivity index (χ2n) is 8.06. The van der Waals surface area contributed by atoms with E-state index < -0.39 is 35.7 Å². The van der Waals surface area contributed by atoms with Gasteiger partial charge in [0, 0.05) is 0 Å². The first-order valence-electron chi connectivity index (χ1n) is 11.0. The van der Waals surface area contributed by atoms with Gasteiger partial charge >= 0.3 is 0 Å². The number of amides is 2. The number of primary amides is 2. The Labute approximate surface area is 174 Å². The fourth-order valence-corrected chi connectivity index (χ4v) is 3.45. The van der Waals surface area contributed by atoms with Gasteiger partial charge in [-0.15, -0.1) is 0 Å². The van der Waals surface area contributed by atoms with Gasteiger partial charge in [0.1, 0.15) is 12.2 Å². The second-order valence-corrected chi connectivity index (χ2v) is 8.06. The molecular formula is C21H42N2O6. The number of nitrogens with two attached hydrogens (primary N) is 2. The molecule has 8 N–H and O–H groups in total. The summed E-state index contributed by atoms with van der Waals surface area (Å²) in [4.78, 5) is 22.5. The first kappa shape index (κ1) is 27.8. The Morgan fingerprint density at radius 2 is 1.14 bits per heavy atom. The van der Waals surface area contributed by atoms with Crippen LogP contribution in [0.15, 0.2) is 0 Å². The predicted molar refractivity (Wildman–Crippen MR) is 112 cm³/mol. The summed E-state index contributed by atoms with van der Waals surface area (Å²) in [6, 6.07) is 0. The highest BCUT2D eigenvalue weighted by Crippen LogP contribution is 2.24. The SMILES string of the molecule is CCCCCCCCCCCCCCCC(O)(C(N)=O)C(O)C(O)C(O)C(N)=O. The van der Waals surface area contributed by atoms with Crippen LogP contribution in [-0.4, -0.2) is 56.2 Å². The normalized spacial score (nSPS) is 16.7. The molecule has 8 nitrogen and oxygen atoms in total. The van der Waals surface area contributed by atoms with Crippen LogP contribution >= 0.6 is 0 Å². The van der Waals surface area contributed by atoms with Crippen LogP contribution in [0.3, 0.4) is 0 Å². The predicted octanol–water partition coefficient (Wildman–Crippen LogP) is 1.25. The fraction of sp³-hybridized carbons (Fsp3) is 0.905. The number of hydrogen-bond donors (Lipinski definition) is 6. The van der Waals surface area contributed by atoms with Crippen molar-refractivity contribution < 1.29 is 30.0 Å². The smallest absolute Gasteiger partial charge is 0.252 e. The Balaban J connectivity index is 4.03. The Morgan fingerprint density at radius 1 is 0.759 bits per heavy atom. The summed E-state index contributed by atoms with van der Waals surface area (Å²) < 4.78 is 0. The molecule has 0 heterocycles. The summed E-state index contributed by atoms with van der Waals surface area (Å²) in [6.07, 6.45) is 8.06. The highest BCUT2D eigenvalue weighted by molar-refractivity contribution is 5.84. The lowest BCUT2D eigenvalue weighted by Gasteiger charge is -2.33. The van der Waals surface area contributed by atoms with Crippen molar-refractivity contribution in [3.05, 3.63) is 0 Å². The van der Waals surface area contributed by atoms with E-state index >= 15 is 0 Å². The van der Waals surface area contributed by atoms with Gasteiger partial charge in [0.15, 0.2) is 11.7 Å². The first-order chi connectivity index (χ1) is 13.7. The molecule has 0 fully saturated rings. The van der Waals surface area contributed by atoms with E-state index in [2.05, 4.69) is 6.92 Å². The average Bonchev–Trinajstić information content (AvgIpc) is 2.69. The highest BCUT2D eigenvalue weighted by atomic mass is 16.4. The van der Waals surface area contributed by atoms with Crippen LogP contribution in [0.5, 0.6) is 0 Å². The maximum absolute atomic E-state index is 11.6. The largest absolute Gasteiger partial charge is 0.387 e. The van der Waals surface area contributed by atoms with Gasteiger partial charge in [-0.1, -0.05) is 84.0 Å². The van der Waals surface area contributed by atoms with Gasteiger partial charge in [-0.3, -0.25) is 9.59 Å². The molecule has 29 heavy (non-hydrogen) atoms. The number of unbranched alkanes of at least 4 members (excludes halogenated alkanes) is 12. The number of aliphatic hydroxyl groups excluding tert-OH is 3. The van der Waals surface area contributed by atoms with Gasteiger partial charge in [-0.05, 0) is 12.8 Å². The maximum atomic E-state index is 11.6. The van der Waals surface area contributed by atoms with Crippen molar-refractivity contribution in [3.8, 4) is 0 Å². The molecule has 0 rings (SSSR count). The van der Waals surface area contributed by atoms with Gasteiger partial charge in [-0.2, -0.15) is 0 Å². The number of aliphatic hydroxyl groups is 4. The van der Waals surface area contributed by atoms with E-state index in [4.69, 9.17) is 11.5 Å². The molecule has 2 amide bonds. The van der Waals surface area contributed by atoms with Crippen LogP contribution in [0.2, 0.25) is 0 Å². The quantitative estimate of drug-likeness (QED) is 0.173.